The number of nitrogens with two attached hydrogens (primary N) is 1. The van der Waals surface area contributed by atoms with Crippen LogP contribution in [0.3, 0.4) is 0 Å². The number of hydrogen-bond donors (Lipinski definition) is 2. The van der Waals surface area contributed by atoms with E-state index in [9.17, 15) is 8.42 Å². The minimum absolute atomic E-state index is 0.256. The van der Waals surface area contributed by atoms with Crippen molar-refractivity contribution in [2.45, 2.75) is 6.92 Å². The molecule has 6 nitrogen and oxygen atoms in total. The molecule has 1 aliphatic heterocycles. The molecule has 0 aromatic carbocycles. The number of nitrogens with one attached hydrogen (secondary N) is 1. The molecule has 0 aromatic heterocycles. The maximum Gasteiger partial charge on any atom is 0.188 e. The summed E-state index contributed by atoms with van der Waals surface area (Å²) in [7, 11) is -2.80. The van der Waals surface area contributed by atoms with Crippen molar-refractivity contribution in [3.8, 4) is 0 Å². The Hall–Kier alpha value is -1.08. The summed E-state index contributed by atoms with van der Waals surface area (Å²) >= 11 is 0. The minimum Gasteiger partial charge on any atom is -0.370 e. The van der Waals surface area contributed by atoms with Crippen LogP contribution in [0, 0.1) is 0 Å². The van der Waals surface area contributed by atoms with E-state index in [2.05, 4.69) is 21.8 Å². The SMILES string of the molecule is C=C(C)CN=C(N)NCCN1CCS(=O)(=O)CC1. The van der Waals surface area contributed by atoms with Crippen LogP contribution >= 0.6 is 0 Å². The zero-order chi connectivity index (χ0) is 13.6. The highest BCUT2D eigenvalue weighted by atomic mass is 32.2. The largest absolute Gasteiger partial charge is 0.370 e. The van der Waals surface area contributed by atoms with Gasteiger partial charge < -0.3 is 11.1 Å². The van der Waals surface area contributed by atoms with E-state index in [1.54, 1.807) is 0 Å². The summed E-state index contributed by atoms with van der Waals surface area (Å²) in [5, 5.41) is 3.00. The summed E-state index contributed by atoms with van der Waals surface area (Å²) in [5.74, 6) is 0.918. The van der Waals surface area contributed by atoms with Crippen LogP contribution in [0.4, 0.5) is 0 Å². The average molecular weight is 274 g/mol. The first-order valence-electron chi connectivity index (χ1n) is 6.00. The fourth-order valence-electron chi connectivity index (χ4n) is 1.59. The number of hydrogen-bond acceptors (Lipinski definition) is 4. The minimum atomic E-state index is -2.80. The molecule has 1 saturated heterocycles. The highest BCUT2D eigenvalue weighted by Gasteiger charge is 2.20. The van der Waals surface area contributed by atoms with Gasteiger partial charge in [-0.2, -0.15) is 0 Å². The Morgan fingerprint density at radius 2 is 2.06 bits per heavy atom. The van der Waals surface area contributed by atoms with Gasteiger partial charge in [0.15, 0.2) is 15.8 Å². The Bertz CT molecular complexity index is 403. The van der Waals surface area contributed by atoms with E-state index < -0.39 is 9.84 Å². The standard InChI is InChI=1S/C11H22N4O2S/c1-10(2)9-14-11(12)13-3-4-15-5-7-18(16,17)8-6-15/h1,3-9H2,2H3,(H3,12,13,14). The monoisotopic (exact) mass is 274 g/mol. The molecular weight excluding hydrogens is 252 g/mol. The normalized spacial score (nSPS) is 20.6. The summed E-state index contributed by atoms with van der Waals surface area (Å²) in [6.45, 7) is 8.82. The lowest BCUT2D eigenvalue weighted by Crippen LogP contribution is -2.44. The highest BCUT2D eigenvalue weighted by molar-refractivity contribution is 7.91. The van der Waals surface area contributed by atoms with Gasteiger partial charge in [0.1, 0.15) is 0 Å². The lowest BCUT2D eigenvalue weighted by Gasteiger charge is -2.26. The van der Waals surface area contributed by atoms with E-state index in [1.807, 2.05) is 6.92 Å². The van der Waals surface area contributed by atoms with Gasteiger partial charge in [0.25, 0.3) is 0 Å². The van der Waals surface area contributed by atoms with Crippen molar-refractivity contribution in [1.82, 2.24) is 10.2 Å². The van der Waals surface area contributed by atoms with Gasteiger partial charge in [-0.05, 0) is 6.92 Å². The maximum atomic E-state index is 11.2. The molecule has 1 fully saturated rings. The second kappa shape index (κ2) is 6.75. The highest BCUT2D eigenvalue weighted by Crippen LogP contribution is 2.02. The molecule has 0 bridgehead atoms. The number of nitrogens with zero attached hydrogens (tertiary/aromatic N) is 2. The Balaban J connectivity index is 2.19. The van der Waals surface area contributed by atoms with Crippen molar-refractivity contribution in [2.75, 3.05) is 44.2 Å². The van der Waals surface area contributed by atoms with Gasteiger partial charge >= 0.3 is 0 Å². The van der Waals surface area contributed by atoms with Crippen molar-refractivity contribution in [1.29, 1.82) is 0 Å². The van der Waals surface area contributed by atoms with Crippen LogP contribution in [0.2, 0.25) is 0 Å². The van der Waals surface area contributed by atoms with Crippen LogP contribution in [0.5, 0.6) is 0 Å². The van der Waals surface area contributed by atoms with Crippen LogP contribution in [-0.4, -0.2) is 63.5 Å². The van der Waals surface area contributed by atoms with Crippen LogP contribution in [0.25, 0.3) is 0 Å². The van der Waals surface area contributed by atoms with Gasteiger partial charge in [-0.15, -0.1) is 0 Å². The first-order chi connectivity index (χ1) is 8.39. The van der Waals surface area contributed by atoms with Crippen LogP contribution in [-0.2, 0) is 9.84 Å². The Labute approximate surface area is 109 Å². The first kappa shape index (κ1) is 15.0. The molecule has 0 aromatic rings. The lowest BCUT2D eigenvalue weighted by molar-refractivity contribution is 0.300. The topological polar surface area (TPSA) is 87.8 Å². The molecule has 18 heavy (non-hydrogen) atoms. The summed E-state index contributed by atoms with van der Waals surface area (Å²) in [5.41, 5.74) is 6.62. The molecule has 1 heterocycles. The molecule has 0 radical (unpaired) electrons. The van der Waals surface area contributed by atoms with E-state index in [4.69, 9.17) is 5.73 Å². The van der Waals surface area contributed by atoms with E-state index in [1.165, 1.54) is 0 Å². The molecule has 0 aliphatic carbocycles. The van der Waals surface area contributed by atoms with Gasteiger partial charge in [-0.3, -0.25) is 4.90 Å². The second-order valence-corrected chi connectivity index (χ2v) is 6.88. The van der Waals surface area contributed by atoms with Crippen molar-refractivity contribution in [2.24, 2.45) is 10.7 Å². The van der Waals surface area contributed by atoms with Crippen molar-refractivity contribution in [3.63, 3.8) is 0 Å². The first-order valence-corrected chi connectivity index (χ1v) is 7.82. The predicted octanol–water partition coefficient (Wildman–Crippen LogP) is -0.803. The van der Waals surface area contributed by atoms with E-state index in [0.29, 0.717) is 32.1 Å². The molecule has 0 spiro atoms. The molecule has 0 amide bonds. The zero-order valence-corrected chi connectivity index (χ0v) is 11.7. The smallest absolute Gasteiger partial charge is 0.188 e. The molecule has 104 valence electrons. The second-order valence-electron chi connectivity index (χ2n) is 4.58. The van der Waals surface area contributed by atoms with Gasteiger partial charge in [-0.25, -0.2) is 13.4 Å². The molecule has 0 saturated carbocycles. The maximum absolute atomic E-state index is 11.2. The van der Waals surface area contributed by atoms with Crippen LogP contribution in [0.1, 0.15) is 6.92 Å². The number of sulfone groups is 1. The Morgan fingerprint density at radius 1 is 1.44 bits per heavy atom. The summed E-state index contributed by atoms with van der Waals surface area (Å²) in [6.07, 6.45) is 0. The van der Waals surface area contributed by atoms with Crippen molar-refractivity contribution >= 4 is 15.8 Å². The molecule has 0 atom stereocenters. The number of aliphatic imine (C=N–C) groups is 1. The molecule has 7 heteroatoms. The van der Waals surface area contributed by atoms with Crippen LogP contribution in [0.15, 0.2) is 17.1 Å². The van der Waals surface area contributed by atoms with E-state index >= 15 is 0 Å². The third kappa shape index (κ3) is 6.02. The van der Waals surface area contributed by atoms with Gasteiger partial charge in [0.05, 0.1) is 18.1 Å². The fourth-order valence-corrected chi connectivity index (χ4v) is 2.87. The quantitative estimate of drug-likeness (QED) is 0.389. The van der Waals surface area contributed by atoms with Crippen molar-refractivity contribution in [3.05, 3.63) is 12.2 Å². The van der Waals surface area contributed by atoms with Crippen LogP contribution < -0.4 is 11.1 Å². The van der Waals surface area contributed by atoms with Crippen molar-refractivity contribution < 1.29 is 8.42 Å². The molecule has 1 rings (SSSR count). The molecule has 0 unspecified atom stereocenters. The third-order valence-electron chi connectivity index (χ3n) is 2.69. The van der Waals surface area contributed by atoms with E-state index in [-0.39, 0.29) is 11.5 Å². The molecule has 3 N–H and O–H groups in total. The van der Waals surface area contributed by atoms with E-state index in [0.717, 1.165) is 12.1 Å². The number of rotatable bonds is 5. The van der Waals surface area contributed by atoms with Gasteiger partial charge in [0.2, 0.25) is 0 Å². The van der Waals surface area contributed by atoms with Gasteiger partial charge in [-0.1, -0.05) is 12.2 Å². The summed E-state index contributed by atoms with van der Waals surface area (Å²) < 4.78 is 22.5. The summed E-state index contributed by atoms with van der Waals surface area (Å²) in [4.78, 5) is 6.21. The Kier molecular flexibility index (Phi) is 5.61. The van der Waals surface area contributed by atoms with Gasteiger partial charge in [0, 0.05) is 26.2 Å². The predicted molar refractivity (Wildman–Crippen MR) is 74.4 cm³/mol. The molecular formula is C11H22N4O2S. The molecule has 1 aliphatic rings. The zero-order valence-electron chi connectivity index (χ0n) is 10.9. The summed E-state index contributed by atoms with van der Waals surface area (Å²) in [6, 6.07) is 0. The number of guanidine groups is 1. The lowest BCUT2D eigenvalue weighted by atomic mass is 10.4. The fraction of sp³-hybridized carbons (Fsp3) is 0.727. The average Bonchev–Trinajstić information content (AvgIpc) is 2.29. The Morgan fingerprint density at radius 3 is 2.61 bits per heavy atom. The third-order valence-corrected chi connectivity index (χ3v) is 4.30.